The topological polar surface area (TPSA) is 61.5 Å². The largest absolute Gasteiger partial charge is 0.465 e. The van der Waals surface area contributed by atoms with Crippen molar-refractivity contribution in [1.29, 1.82) is 0 Å². The highest BCUT2D eigenvalue weighted by Crippen LogP contribution is 2.33. The van der Waals surface area contributed by atoms with Gasteiger partial charge in [-0.1, -0.05) is 17.7 Å². The molecule has 0 bridgehead atoms. The second-order valence-electron chi connectivity index (χ2n) is 4.28. The van der Waals surface area contributed by atoms with Gasteiger partial charge in [-0.15, -0.1) is 0 Å². The SMILES string of the molecule is COC(=O)c1ccc(N)c(Oc2ccc(C)cc2Cl)c1. The van der Waals surface area contributed by atoms with Gasteiger partial charge in [-0.2, -0.15) is 0 Å². The quantitative estimate of drug-likeness (QED) is 0.690. The normalized spacial score (nSPS) is 10.2. The Kier molecular flexibility index (Phi) is 4.15. The van der Waals surface area contributed by atoms with Crippen LogP contribution in [0, 0.1) is 6.92 Å². The highest BCUT2D eigenvalue weighted by Gasteiger charge is 2.11. The van der Waals surface area contributed by atoms with Gasteiger partial charge in [0.25, 0.3) is 0 Å². The molecular weight excluding hydrogens is 278 g/mol. The zero-order valence-electron chi connectivity index (χ0n) is 11.1. The number of aryl methyl sites for hydroxylation is 1. The number of nitrogens with two attached hydrogens (primary N) is 1. The molecule has 0 saturated heterocycles. The monoisotopic (exact) mass is 291 g/mol. The second kappa shape index (κ2) is 5.84. The van der Waals surface area contributed by atoms with E-state index in [0.717, 1.165) is 5.56 Å². The highest BCUT2D eigenvalue weighted by molar-refractivity contribution is 6.32. The molecule has 0 atom stereocenters. The lowest BCUT2D eigenvalue weighted by Gasteiger charge is -2.11. The van der Waals surface area contributed by atoms with Crippen LogP contribution in [0.15, 0.2) is 36.4 Å². The third-order valence-electron chi connectivity index (χ3n) is 2.74. The first kappa shape index (κ1) is 14.2. The second-order valence-corrected chi connectivity index (χ2v) is 4.69. The maximum Gasteiger partial charge on any atom is 0.337 e. The summed E-state index contributed by atoms with van der Waals surface area (Å²) in [5.41, 5.74) is 7.64. The van der Waals surface area contributed by atoms with E-state index in [1.54, 1.807) is 24.3 Å². The van der Waals surface area contributed by atoms with Gasteiger partial charge >= 0.3 is 5.97 Å². The van der Waals surface area contributed by atoms with Crippen molar-refractivity contribution >= 4 is 23.3 Å². The molecule has 2 aromatic rings. The van der Waals surface area contributed by atoms with E-state index in [1.807, 2.05) is 13.0 Å². The lowest BCUT2D eigenvalue weighted by molar-refractivity contribution is 0.0600. The van der Waals surface area contributed by atoms with E-state index in [9.17, 15) is 4.79 Å². The minimum atomic E-state index is -0.454. The fraction of sp³-hybridized carbons (Fsp3) is 0.133. The Labute approximate surface area is 122 Å². The Morgan fingerprint density at radius 1 is 1.15 bits per heavy atom. The number of esters is 1. The van der Waals surface area contributed by atoms with Crippen molar-refractivity contribution in [3.8, 4) is 11.5 Å². The summed E-state index contributed by atoms with van der Waals surface area (Å²) < 4.78 is 10.3. The Bertz CT molecular complexity index is 656. The fourth-order valence-electron chi connectivity index (χ4n) is 1.67. The van der Waals surface area contributed by atoms with Crippen molar-refractivity contribution < 1.29 is 14.3 Å². The number of benzene rings is 2. The average molecular weight is 292 g/mol. The van der Waals surface area contributed by atoms with Gasteiger partial charge in [0, 0.05) is 0 Å². The molecule has 0 spiro atoms. The minimum absolute atomic E-state index is 0.360. The molecule has 0 fully saturated rings. The summed E-state index contributed by atoms with van der Waals surface area (Å²) in [4.78, 5) is 11.5. The van der Waals surface area contributed by atoms with E-state index in [4.69, 9.17) is 22.1 Å². The van der Waals surface area contributed by atoms with E-state index in [-0.39, 0.29) is 0 Å². The summed E-state index contributed by atoms with van der Waals surface area (Å²) in [7, 11) is 1.32. The fourth-order valence-corrected chi connectivity index (χ4v) is 1.95. The van der Waals surface area contributed by atoms with Gasteiger partial charge in [0.1, 0.15) is 5.75 Å². The number of rotatable bonds is 3. The van der Waals surface area contributed by atoms with Crippen molar-refractivity contribution in [1.82, 2.24) is 0 Å². The molecule has 2 rings (SSSR count). The van der Waals surface area contributed by atoms with Gasteiger partial charge in [0.2, 0.25) is 0 Å². The van der Waals surface area contributed by atoms with E-state index < -0.39 is 5.97 Å². The van der Waals surface area contributed by atoms with E-state index in [0.29, 0.717) is 27.8 Å². The van der Waals surface area contributed by atoms with Crippen LogP contribution in [0.3, 0.4) is 0 Å². The molecule has 2 N–H and O–H groups in total. The number of ether oxygens (including phenoxy) is 2. The number of carbonyl (C=O) groups is 1. The molecular formula is C15H14ClNO3. The van der Waals surface area contributed by atoms with Crippen LogP contribution in [0.25, 0.3) is 0 Å². The number of methoxy groups -OCH3 is 1. The van der Waals surface area contributed by atoms with Crippen LogP contribution in [-0.4, -0.2) is 13.1 Å². The molecule has 0 aliphatic heterocycles. The van der Waals surface area contributed by atoms with Crippen molar-refractivity contribution in [3.05, 3.63) is 52.5 Å². The number of anilines is 1. The third-order valence-corrected chi connectivity index (χ3v) is 3.04. The number of nitrogen functional groups attached to an aromatic ring is 1. The van der Waals surface area contributed by atoms with Gasteiger partial charge in [-0.05, 0) is 42.8 Å². The molecule has 0 saturated carbocycles. The third kappa shape index (κ3) is 3.03. The summed E-state index contributed by atoms with van der Waals surface area (Å²) in [6, 6.07) is 10.1. The molecule has 104 valence electrons. The standard InChI is InChI=1S/C15H14ClNO3/c1-9-3-6-13(11(16)7-9)20-14-8-10(15(18)19-2)4-5-12(14)17/h3-8H,17H2,1-2H3. The van der Waals surface area contributed by atoms with Crippen LogP contribution in [-0.2, 0) is 4.74 Å². The van der Waals surface area contributed by atoms with Crippen LogP contribution in [0.4, 0.5) is 5.69 Å². The Morgan fingerprint density at radius 2 is 1.90 bits per heavy atom. The number of hydrogen-bond acceptors (Lipinski definition) is 4. The number of hydrogen-bond donors (Lipinski definition) is 1. The van der Waals surface area contributed by atoms with Gasteiger partial charge in [0.15, 0.2) is 5.75 Å². The Balaban J connectivity index is 2.35. The van der Waals surface area contributed by atoms with Crippen LogP contribution in [0.1, 0.15) is 15.9 Å². The molecule has 20 heavy (non-hydrogen) atoms. The maximum atomic E-state index is 11.5. The van der Waals surface area contributed by atoms with Crippen LogP contribution in [0.2, 0.25) is 5.02 Å². The molecule has 0 amide bonds. The van der Waals surface area contributed by atoms with Crippen molar-refractivity contribution in [2.24, 2.45) is 0 Å². The first-order chi connectivity index (χ1) is 9.51. The zero-order chi connectivity index (χ0) is 14.7. The van der Waals surface area contributed by atoms with Gasteiger partial charge in [-0.3, -0.25) is 0 Å². The van der Waals surface area contributed by atoms with E-state index in [2.05, 4.69) is 4.74 Å². The summed E-state index contributed by atoms with van der Waals surface area (Å²) in [5, 5.41) is 0.480. The van der Waals surface area contributed by atoms with Crippen molar-refractivity contribution in [3.63, 3.8) is 0 Å². The predicted octanol–water partition coefficient (Wildman–Crippen LogP) is 3.81. The maximum absolute atomic E-state index is 11.5. The summed E-state index contributed by atoms with van der Waals surface area (Å²) in [5.74, 6) is 0.384. The Hall–Kier alpha value is -2.20. The number of carbonyl (C=O) groups excluding carboxylic acids is 1. The molecule has 0 radical (unpaired) electrons. The highest BCUT2D eigenvalue weighted by atomic mass is 35.5. The van der Waals surface area contributed by atoms with Crippen molar-refractivity contribution in [2.45, 2.75) is 6.92 Å². The van der Waals surface area contributed by atoms with Gasteiger partial charge < -0.3 is 15.2 Å². The lowest BCUT2D eigenvalue weighted by Crippen LogP contribution is -2.02. The first-order valence-electron chi connectivity index (χ1n) is 5.93. The summed E-state index contributed by atoms with van der Waals surface area (Å²) in [6.07, 6.45) is 0. The molecule has 0 unspecified atom stereocenters. The summed E-state index contributed by atoms with van der Waals surface area (Å²) in [6.45, 7) is 1.93. The summed E-state index contributed by atoms with van der Waals surface area (Å²) >= 11 is 6.10. The molecule has 2 aromatic carbocycles. The zero-order valence-corrected chi connectivity index (χ0v) is 11.9. The molecule has 0 aromatic heterocycles. The van der Waals surface area contributed by atoms with Crippen LogP contribution in [0.5, 0.6) is 11.5 Å². The molecule has 0 aliphatic carbocycles. The minimum Gasteiger partial charge on any atom is -0.465 e. The molecule has 5 heteroatoms. The van der Waals surface area contributed by atoms with Gasteiger partial charge in [-0.25, -0.2) is 4.79 Å². The molecule has 0 heterocycles. The van der Waals surface area contributed by atoms with E-state index >= 15 is 0 Å². The van der Waals surface area contributed by atoms with Crippen molar-refractivity contribution in [2.75, 3.05) is 12.8 Å². The predicted molar refractivity (Wildman–Crippen MR) is 78.5 cm³/mol. The van der Waals surface area contributed by atoms with Crippen LogP contribution >= 0.6 is 11.6 Å². The Morgan fingerprint density at radius 3 is 2.55 bits per heavy atom. The van der Waals surface area contributed by atoms with Gasteiger partial charge in [0.05, 0.1) is 23.4 Å². The van der Waals surface area contributed by atoms with E-state index in [1.165, 1.54) is 13.2 Å². The smallest absolute Gasteiger partial charge is 0.337 e. The average Bonchev–Trinajstić information content (AvgIpc) is 2.43. The molecule has 0 aliphatic rings. The number of halogens is 1. The lowest BCUT2D eigenvalue weighted by atomic mass is 10.2. The van der Waals surface area contributed by atoms with Crippen LogP contribution < -0.4 is 10.5 Å². The molecule has 4 nitrogen and oxygen atoms in total. The first-order valence-corrected chi connectivity index (χ1v) is 6.31.